The minimum Gasteiger partial charge on any atom is -0.375 e. The van der Waals surface area contributed by atoms with E-state index in [1.807, 2.05) is 0 Å². The molecule has 0 aromatic heterocycles. The third kappa shape index (κ3) is 4.10. The van der Waals surface area contributed by atoms with Crippen molar-refractivity contribution >= 4 is 28.9 Å². The molecule has 1 aliphatic carbocycles. The van der Waals surface area contributed by atoms with Crippen molar-refractivity contribution in [2.24, 2.45) is 5.92 Å². The summed E-state index contributed by atoms with van der Waals surface area (Å²) in [6, 6.07) is 4.09. The molecule has 1 saturated carbocycles. The molecule has 1 aromatic rings. The van der Waals surface area contributed by atoms with Crippen molar-refractivity contribution in [2.75, 3.05) is 18.4 Å². The average Bonchev–Trinajstić information content (AvgIpc) is 3.18. The van der Waals surface area contributed by atoms with Gasteiger partial charge < -0.3 is 10.6 Å². The first kappa shape index (κ1) is 13.6. The first-order valence-electron chi connectivity index (χ1n) is 6.01. The maximum absolute atomic E-state index is 11.5. The number of hydrogen-bond donors (Lipinski definition) is 2. The van der Waals surface area contributed by atoms with Crippen LogP contribution in [-0.4, -0.2) is 23.9 Å². The van der Waals surface area contributed by atoms with E-state index in [-0.39, 0.29) is 23.2 Å². The Labute approximate surface area is 115 Å². The molecule has 0 bridgehead atoms. The molecule has 0 saturated heterocycles. The predicted octanol–water partition coefficient (Wildman–Crippen LogP) is 2.19. The van der Waals surface area contributed by atoms with Crippen LogP contribution in [0, 0.1) is 16.0 Å². The van der Waals surface area contributed by atoms with Gasteiger partial charge in [0.25, 0.3) is 5.69 Å². The zero-order valence-corrected chi connectivity index (χ0v) is 10.9. The van der Waals surface area contributed by atoms with Gasteiger partial charge in [-0.3, -0.25) is 14.9 Å². The Hall–Kier alpha value is -1.82. The highest BCUT2D eigenvalue weighted by molar-refractivity contribution is 6.33. The Bertz CT molecular complexity index is 503. The predicted molar refractivity (Wildman–Crippen MR) is 72.3 cm³/mol. The number of nitro benzene ring substituents is 1. The minimum atomic E-state index is -0.516. The lowest BCUT2D eigenvalue weighted by Crippen LogP contribution is -2.31. The second-order valence-corrected chi connectivity index (χ2v) is 4.93. The lowest BCUT2D eigenvalue weighted by Gasteiger charge is -2.08. The number of halogens is 1. The van der Waals surface area contributed by atoms with Gasteiger partial charge in [0, 0.05) is 18.7 Å². The molecule has 0 heterocycles. The molecule has 7 heteroatoms. The summed E-state index contributed by atoms with van der Waals surface area (Å²) in [6.45, 7) is 0.818. The van der Waals surface area contributed by atoms with E-state index in [1.54, 1.807) is 0 Å². The molecule has 1 aliphatic rings. The number of hydrogen-bond acceptors (Lipinski definition) is 4. The molecule has 1 amide bonds. The van der Waals surface area contributed by atoms with Crippen LogP contribution in [-0.2, 0) is 4.79 Å². The van der Waals surface area contributed by atoms with Gasteiger partial charge in [-0.15, -0.1) is 0 Å². The third-order valence-corrected chi connectivity index (χ3v) is 3.20. The molecular weight excluding hydrogens is 270 g/mol. The van der Waals surface area contributed by atoms with Crippen molar-refractivity contribution in [3.63, 3.8) is 0 Å². The summed E-state index contributed by atoms with van der Waals surface area (Å²) in [5.74, 6) is 0.522. The van der Waals surface area contributed by atoms with Crippen molar-refractivity contribution in [3.05, 3.63) is 33.3 Å². The Morgan fingerprint density at radius 3 is 2.79 bits per heavy atom. The molecule has 2 rings (SSSR count). The number of nitrogens with zero attached hydrogens (tertiary/aromatic N) is 1. The standard InChI is InChI=1S/C12H14ClN3O3/c13-10-5-9(16(18)19)3-4-11(10)14-7-12(17)15-6-8-1-2-8/h3-5,8,14H,1-2,6-7H2,(H,15,17). The van der Waals surface area contributed by atoms with Crippen molar-refractivity contribution in [1.82, 2.24) is 5.32 Å². The fraction of sp³-hybridized carbons (Fsp3) is 0.417. The zero-order valence-electron chi connectivity index (χ0n) is 10.2. The fourth-order valence-electron chi connectivity index (χ4n) is 1.58. The number of benzene rings is 1. The van der Waals surface area contributed by atoms with Crippen LogP contribution in [0.25, 0.3) is 0 Å². The number of nitrogens with one attached hydrogen (secondary N) is 2. The maximum atomic E-state index is 11.5. The SMILES string of the molecule is O=C(CNc1ccc([N+](=O)[O-])cc1Cl)NCC1CC1. The number of anilines is 1. The summed E-state index contributed by atoms with van der Waals surface area (Å²) >= 11 is 5.90. The summed E-state index contributed by atoms with van der Waals surface area (Å²) in [6.07, 6.45) is 2.36. The van der Waals surface area contributed by atoms with Gasteiger partial charge in [0.05, 0.1) is 22.2 Å². The Morgan fingerprint density at radius 2 is 2.21 bits per heavy atom. The molecule has 0 spiro atoms. The van der Waals surface area contributed by atoms with Crippen LogP contribution in [0.4, 0.5) is 11.4 Å². The summed E-state index contributed by atoms with van der Waals surface area (Å²) in [4.78, 5) is 21.5. The van der Waals surface area contributed by atoms with Crippen molar-refractivity contribution in [1.29, 1.82) is 0 Å². The molecule has 0 atom stereocenters. The lowest BCUT2D eigenvalue weighted by molar-refractivity contribution is -0.384. The monoisotopic (exact) mass is 283 g/mol. The number of rotatable bonds is 6. The van der Waals surface area contributed by atoms with Crippen LogP contribution >= 0.6 is 11.6 Å². The van der Waals surface area contributed by atoms with Crippen LogP contribution in [0.5, 0.6) is 0 Å². The second-order valence-electron chi connectivity index (χ2n) is 4.52. The molecule has 0 unspecified atom stereocenters. The van der Waals surface area contributed by atoms with Gasteiger partial charge in [0.15, 0.2) is 0 Å². The van der Waals surface area contributed by atoms with Gasteiger partial charge >= 0.3 is 0 Å². The van der Waals surface area contributed by atoms with E-state index < -0.39 is 4.92 Å². The van der Waals surface area contributed by atoms with Gasteiger partial charge in [0.2, 0.25) is 5.91 Å². The fourth-order valence-corrected chi connectivity index (χ4v) is 1.82. The first-order valence-corrected chi connectivity index (χ1v) is 6.38. The lowest BCUT2D eigenvalue weighted by atomic mass is 10.3. The minimum absolute atomic E-state index is 0.0752. The third-order valence-electron chi connectivity index (χ3n) is 2.89. The normalized spacial score (nSPS) is 13.9. The van der Waals surface area contributed by atoms with Crippen molar-refractivity contribution in [2.45, 2.75) is 12.8 Å². The van der Waals surface area contributed by atoms with E-state index in [0.717, 1.165) is 0 Å². The van der Waals surface area contributed by atoms with Gasteiger partial charge in [-0.25, -0.2) is 0 Å². The molecule has 19 heavy (non-hydrogen) atoms. The Morgan fingerprint density at radius 1 is 1.47 bits per heavy atom. The van der Waals surface area contributed by atoms with Gasteiger partial charge in [-0.05, 0) is 24.8 Å². The van der Waals surface area contributed by atoms with Gasteiger partial charge in [-0.2, -0.15) is 0 Å². The summed E-state index contributed by atoms with van der Waals surface area (Å²) in [5.41, 5.74) is 0.433. The van der Waals surface area contributed by atoms with Gasteiger partial charge in [-0.1, -0.05) is 11.6 Å². The maximum Gasteiger partial charge on any atom is 0.271 e. The second kappa shape index (κ2) is 5.88. The number of non-ortho nitro benzene ring substituents is 1. The molecule has 0 radical (unpaired) electrons. The molecule has 0 aliphatic heterocycles. The Balaban J connectivity index is 1.84. The number of nitro groups is 1. The van der Waals surface area contributed by atoms with Crippen LogP contribution in [0.3, 0.4) is 0 Å². The van der Waals surface area contributed by atoms with Crippen LogP contribution in [0.1, 0.15) is 12.8 Å². The van der Waals surface area contributed by atoms with Crippen LogP contribution in [0.2, 0.25) is 5.02 Å². The number of amides is 1. The quantitative estimate of drug-likeness (QED) is 0.619. The summed E-state index contributed by atoms with van der Waals surface area (Å²) in [7, 11) is 0. The molecule has 1 aromatic carbocycles. The van der Waals surface area contributed by atoms with E-state index in [1.165, 1.54) is 31.0 Å². The highest BCUT2D eigenvalue weighted by Gasteiger charge is 2.21. The van der Waals surface area contributed by atoms with E-state index >= 15 is 0 Å². The van der Waals surface area contributed by atoms with Crippen LogP contribution < -0.4 is 10.6 Å². The highest BCUT2D eigenvalue weighted by Crippen LogP contribution is 2.28. The molecule has 102 valence electrons. The number of carbonyl (C=O) groups is 1. The van der Waals surface area contributed by atoms with Crippen LogP contribution in [0.15, 0.2) is 18.2 Å². The molecular formula is C12H14ClN3O3. The molecule has 1 fully saturated rings. The van der Waals surface area contributed by atoms with E-state index in [2.05, 4.69) is 10.6 Å². The Kier molecular flexibility index (Phi) is 4.21. The topological polar surface area (TPSA) is 84.3 Å². The smallest absolute Gasteiger partial charge is 0.271 e. The zero-order chi connectivity index (χ0) is 13.8. The average molecular weight is 284 g/mol. The molecule has 2 N–H and O–H groups in total. The van der Waals surface area contributed by atoms with Gasteiger partial charge in [0.1, 0.15) is 0 Å². The van der Waals surface area contributed by atoms with Crippen molar-refractivity contribution in [3.8, 4) is 0 Å². The first-order chi connectivity index (χ1) is 9.06. The summed E-state index contributed by atoms with van der Waals surface area (Å²) < 4.78 is 0. The number of carbonyl (C=O) groups excluding carboxylic acids is 1. The van der Waals surface area contributed by atoms with E-state index in [0.29, 0.717) is 18.2 Å². The summed E-state index contributed by atoms with van der Waals surface area (Å²) in [5, 5.41) is 16.4. The van der Waals surface area contributed by atoms with Crippen molar-refractivity contribution < 1.29 is 9.72 Å². The highest BCUT2D eigenvalue weighted by atomic mass is 35.5. The largest absolute Gasteiger partial charge is 0.375 e. The molecule has 6 nitrogen and oxygen atoms in total. The van der Waals surface area contributed by atoms with E-state index in [9.17, 15) is 14.9 Å². The van der Waals surface area contributed by atoms with E-state index in [4.69, 9.17) is 11.6 Å².